The number of likely N-dealkylation sites (N-methyl/N-ethyl adjacent to an activating group) is 1. The van der Waals surface area contributed by atoms with Crippen LogP contribution in [-0.2, 0) is 4.79 Å². The number of carbonyl (C=O) groups excluding carboxylic acids is 1. The summed E-state index contributed by atoms with van der Waals surface area (Å²) in [6.07, 6.45) is 0.0810. The van der Waals surface area contributed by atoms with Crippen molar-refractivity contribution in [3.63, 3.8) is 0 Å². The van der Waals surface area contributed by atoms with Gasteiger partial charge in [0.25, 0.3) is 5.91 Å². The molecule has 0 saturated heterocycles. The van der Waals surface area contributed by atoms with Crippen LogP contribution in [0.1, 0.15) is 37.0 Å². The van der Waals surface area contributed by atoms with E-state index in [1.54, 1.807) is 18.5 Å². The van der Waals surface area contributed by atoms with Gasteiger partial charge < -0.3 is 14.7 Å². The molecule has 0 aliphatic rings. The molecule has 0 spiro atoms. The first-order valence-corrected chi connectivity index (χ1v) is 8.04. The van der Waals surface area contributed by atoms with Gasteiger partial charge in [0.2, 0.25) is 0 Å². The molecular formula is C17H22N4O4. The minimum atomic E-state index is -1.07. The molecule has 1 heterocycles. The van der Waals surface area contributed by atoms with Crippen LogP contribution in [-0.4, -0.2) is 56.1 Å². The first kappa shape index (κ1) is 18.4. The lowest BCUT2D eigenvalue weighted by Crippen LogP contribution is -2.36. The van der Waals surface area contributed by atoms with Crippen molar-refractivity contribution in [3.8, 4) is 11.4 Å². The summed E-state index contributed by atoms with van der Waals surface area (Å²) in [5, 5.41) is 16.9. The molecular weight excluding hydrogens is 324 g/mol. The van der Waals surface area contributed by atoms with Gasteiger partial charge in [-0.1, -0.05) is 5.21 Å². The number of carboxylic acid groups (broad SMARTS) is 1. The van der Waals surface area contributed by atoms with Crippen molar-refractivity contribution in [1.82, 2.24) is 19.9 Å². The molecule has 0 unspecified atom stereocenters. The van der Waals surface area contributed by atoms with E-state index in [1.807, 2.05) is 38.1 Å². The molecule has 0 radical (unpaired) electrons. The van der Waals surface area contributed by atoms with Gasteiger partial charge in [-0.25, -0.2) is 4.68 Å². The molecule has 1 N–H and O–H groups in total. The third-order valence-electron chi connectivity index (χ3n) is 3.55. The Morgan fingerprint density at radius 2 is 1.92 bits per heavy atom. The molecule has 8 nitrogen and oxygen atoms in total. The fraction of sp³-hybridized carbons (Fsp3) is 0.412. The number of amides is 1. The van der Waals surface area contributed by atoms with E-state index in [4.69, 9.17) is 9.84 Å². The van der Waals surface area contributed by atoms with Crippen LogP contribution in [0.25, 0.3) is 5.69 Å². The normalized spacial score (nSPS) is 10.8. The number of rotatable bonds is 7. The molecule has 0 saturated carbocycles. The van der Waals surface area contributed by atoms with E-state index in [0.717, 1.165) is 11.4 Å². The second kappa shape index (κ2) is 7.78. The molecule has 1 aromatic heterocycles. The van der Waals surface area contributed by atoms with Crippen molar-refractivity contribution in [2.45, 2.75) is 33.8 Å². The van der Waals surface area contributed by atoms with Gasteiger partial charge >= 0.3 is 5.97 Å². The molecule has 8 heteroatoms. The standard InChI is InChI=1S/C17H22N4O4/c1-5-20(10-15(22)23)17(24)16-12(4)21(19-18-16)13-6-8-14(9-7-13)25-11(2)3/h6-9,11H,5,10H2,1-4H3,(H,22,23). The Labute approximate surface area is 146 Å². The summed E-state index contributed by atoms with van der Waals surface area (Å²) in [7, 11) is 0. The number of aliphatic carboxylic acids is 1. The van der Waals surface area contributed by atoms with Gasteiger partial charge in [-0.05, 0) is 52.0 Å². The van der Waals surface area contributed by atoms with Gasteiger partial charge in [0.15, 0.2) is 5.69 Å². The molecule has 2 aromatic rings. The van der Waals surface area contributed by atoms with E-state index in [0.29, 0.717) is 5.69 Å². The SMILES string of the molecule is CCN(CC(=O)O)C(=O)c1nnn(-c2ccc(OC(C)C)cc2)c1C. The van der Waals surface area contributed by atoms with Crippen LogP contribution in [0, 0.1) is 6.92 Å². The van der Waals surface area contributed by atoms with Crippen molar-refractivity contribution in [1.29, 1.82) is 0 Å². The molecule has 1 amide bonds. The second-order valence-electron chi connectivity index (χ2n) is 5.81. The number of nitrogens with zero attached hydrogens (tertiary/aromatic N) is 4. The fourth-order valence-corrected chi connectivity index (χ4v) is 2.35. The average molecular weight is 346 g/mol. The highest BCUT2D eigenvalue weighted by molar-refractivity contribution is 5.95. The van der Waals surface area contributed by atoms with Gasteiger partial charge in [0.1, 0.15) is 12.3 Å². The zero-order valence-electron chi connectivity index (χ0n) is 14.8. The number of carbonyl (C=O) groups is 2. The van der Waals surface area contributed by atoms with Crippen LogP contribution < -0.4 is 4.74 Å². The zero-order chi connectivity index (χ0) is 18.6. The van der Waals surface area contributed by atoms with E-state index >= 15 is 0 Å². The molecule has 0 atom stereocenters. The summed E-state index contributed by atoms with van der Waals surface area (Å²) in [6, 6.07) is 7.28. The highest BCUT2D eigenvalue weighted by Gasteiger charge is 2.23. The van der Waals surface area contributed by atoms with Crippen LogP contribution >= 0.6 is 0 Å². The maximum absolute atomic E-state index is 12.5. The smallest absolute Gasteiger partial charge is 0.323 e. The highest BCUT2D eigenvalue weighted by atomic mass is 16.5. The van der Waals surface area contributed by atoms with Gasteiger partial charge in [0.05, 0.1) is 17.5 Å². The Morgan fingerprint density at radius 3 is 2.44 bits per heavy atom. The molecule has 0 fully saturated rings. The summed E-state index contributed by atoms with van der Waals surface area (Å²) in [5.41, 5.74) is 1.43. The predicted octanol–water partition coefficient (Wildman–Crippen LogP) is 1.91. The quantitative estimate of drug-likeness (QED) is 0.822. The largest absolute Gasteiger partial charge is 0.491 e. The summed E-state index contributed by atoms with van der Waals surface area (Å²) >= 11 is 0. The Kier molecular flexibility index (Phi) is 5.74. The minimum absolute atomic E-state index is 0.0810. The first-order chi connectivity index (χ1) is 11.8. The second-order valence-corrected chi connectivity index (χ2v) is 5.81. The Hall–Kier alpha value is -2.90. The van der Waals surface area contributed by atoms with Crippen LogP contribution in [0.4, 0.5) is 0 Å². The third-order valence-corrected chi connectivity index (χ3v) is 3.55. The number of ether oxygens (including phenoxy) is 1. The van der Waals surface area contributed by atoms with Gasteiger partial charge in [-0.15, -0.1) is 5.10 Å². The Bertz CT molecular complexity index is 753. The predicted molar refractivity (Wildman–Crippen MR) is 91.1 cm³/mol. The number of benzene rings is 1. The van der Waals surface area contributed by atoms with Crippen molar-refractivity contribution >= 4 is 11.9 Å². The van der Waals surface area contributed by atoms with Crippen molar-refractivity contribution in [2.24, 2.45) is 0 Å². The Morgan fingerprint density at radius 1 is 1.28 bits per heavy atom. The molecule has 0 aliphatic heterocycles. The number of hydrogen-bond acceptors (Lipinski definition) is 5. The lowest BCUT2D eigenvalue weighted by atomic mass is 10.2. The van der Waals surface area contributed by atoms with Crippen molar-refractivity contribution in [3.05, 3.63) is 35.7 Å². The van der Waals surface area contributed by atoms with Gasteiger partial charge in [-0.3, -0.25) is 9.59 Å². The van der Waals surface area contributed by atoms with E-state index < -0.39 is 11.9 Å². The van der Waals surface area contributed by atoms with Crippen LogP contribution in [0.2, 0.25) is 0 Å². The molecule has 134 valence electrons. The lowest BCUT2D eigenvalue weighted by Gasteiger charge is -2.17. The summed E-state index contributed by atoms with van der Waals surface area (Å²) in [5.74, 6) is -0.777. The maximum Gasteiger partial charge on any atom is 0.323 e. The van der Waals surface area contributed by atoms with E-state index in [2.05, 4.69) is 10.3 Å². The van der Waals surface area contributed by atoms with Crippen LogP contribution in [0.3, 0.4) is 0 Å². The average Bonchev–Trinajstić information content (AvgIpc) is 2.93. The molecule has 0 bridgehead atoms. The first-order valence-electron chi connectivity index (χ1n) is 8.04. The summed E-state index contributed by atoms with van der Waals surface area (Å²) in [4.78, 5) is 24.6. The Balaban J connectivity index is 2.25. The number of carboxylic acids is 1. The van der Waals surface area contributed by atoms with Crippen LogP contribution in [0.15, 0.2) is 24.3 Å². The van der Waals surface area contributed by atoms with Crippen LogP contribution in [0.5, 0.6) is 5.75 Å². The summed E-state index contributed by atoms with van der Waals surface area (Å²) in [6.45, 7) is 7.24. The van der Waals surface area contributed by atoms with Crippen molar-refractivity contribution in [2.75, 3.05) is 13.1 Å². The molecule has 0 aliphatic carbocycles. The topological polar surface area (TPSA) is 97.5 Å². The lowest BCUT2D eigenvalue weighted by molar-refractivity contribution is -0.137. The molecule has 25 heavy (non-hydrogen) atoms. The van der Waals surface area contributed by atoms with Gasteiger partial charge in [-0.2, -0.15) is 0 Å². The monoisotopic (exact) mass is 346 g/mol. The van der Waals surface area contributed by atoms with Gasteiger partial charge in [0, 0.05) is 6.54 Å². The minimum Gasteiger partial charge on any atom is -0.491 e. The van der Waals surface area contributed by atoms with E-state index in [-0.39, 0.29) is 24.9 Å². The van der Waals surface area contributed by atoms with Crippen molar-refractivity contribution < 1.29 is 19.4 Å². The number of hydrogen-bond donors (Lipinski definition) is 1. The zero-order valence-corrected chi connectivity index (χ0v) is 14.8. The van der Waals surface area contributed by atoms with E-state index in [9.17, 15) is 9.59 Å². The summed E-state index contributed by atoms with van der Waals surface area (Å²) < 4.78 is 7.14. The van der Waals surface area contributed by atoms with E-state index in [1.165, 1.54) is 4.90 Å². The highest BCUT2D eigenvalue weighted by Crippen LogP contribution is 2.18. The third kappa shape index (κ3) is 4.34. The maximum atomic E-state index is 12.5. The molecule has 2 rings (SSSR count). The fourth-order valence-electron chi connectivity index (χ4n) is 2.35. The number of aromatic nitrogens is 3. The molecule has 1 aromatic carbocycles.